The third kappa shape index (κ3) is 2.89. The fourth-order valence-electron chi connectivity index (χ4n) is 3.62. The van der Waals surface area contributed by atoms with E-state index in [4.69, 9.17) is 11.6 Å². The van der Waals surface area contributed by atoms with E-state index in [1.54, 1.807) is 11.3 Å². The van der Waals surface area contributed by atoms with Gasteiger partial charge in [0.15, 0.2) is 0 Å². The zero-order chi connectivity index (χ0) is 16.5. The van der Waals surface area contributed by atoms with Gasteiger partial charge in [-0.3, -0.25) is 0 Å². The average molecular weight is 358 g/mol. The molecule has 0 unspecified atom stereocenters. The molecule has 0 aliphatic heterocycles. The van der Waals surface area contributed by atoms with Crippen LogP contribution in [0.5, 0.6) is 0 Å². The summed E-state index contributed by atoms with van der Waals surface area (Å²) in [6.45, 7) is 0. The van der Waals surface area contributed by atoms with Crippen LogP contribution in [-0.4, -0.2) is 23.1 Å². The summed E-state index contributed by atoms with van der Waals surface area (Å²) in [4.78, 5) is 12.4. The van der Waals surface area contributed by atoms with E-state index in [2.05, 4.69) is 51.6 Å². The maximum absolute atomic E-state index is 6.22. The fraction of sp³-hybridized carbons (Fsp3) is 0.368. The van der Waals surface area contributed by atoms with Crippen molar-refractivity contribution in [1.29, 1.82) is 0 Å². The first-order valence-corrected chi connectivity index (χ1v) is 9.73. The monoisotopic (exact) mass is 357 g/mol. The molecule has 1 aliphatic rings. The molecule has 0 atom stereocenters. The number of thiophene rings is 1. The highest BCUT2D eigenvalue weighted by atomic mass is 35.5. The van der Waals surface area contributed by atoms with Crippen molar-refractivity contribution >= 4 is 39.0 Å². The van der Waals surface area contributed by atoms with Crippen LogP contribution < -0.4 is 4.90 Å². The average Bonchev–Trinajstić information content (AvgIpc) is 3.05. The Labute approximate surface area is 151 Å². The summed E-state index contributed by atoms with van der Waals surface area (Å²) in [6, 6.07) is 11.0. The van der Waals surface area contributed by atoms with E-state index < -0.39 is 0 Å². The second kappa shape index (κ2) is 6.69. The van der Waals surface area contributed by atoms with Crippen molar-refractivity contribution < 1.29 is 0 Å². The van der Waals surface area contributed by atoms with Gasteiger partial charge in [0.2, 0.25) is 5.28 Å². The summed E-state index contributed by atoms with van der Waals surface area (Å²) in [5.41, 5.74) is 2.40. The second-order valence-electron chi connectivity index (χ2n) is 6.41. The van der Waals surface area contributed by atoms with Crippen molar-refractivity contribution in [2.45, 2.75) is 38.1 Å². The lowest BCUT2D eigenvalue weighted by molar-refractivity contribution is 0.426. The van der Waals surface area contributed by atoms with Gasteiger partial charge in [-0.15, -0.1) is 11.3 Å². The lowest BCUT2D eigenvalue weighted by atomic mass is 9.94. The minimum absolute atomic E-state index is 0.335. The van der Waals surface area contributed by atoms with Gasteiger partial charge in [-0.25, -0.2) is 4.98 Å². The smallest absolute Gasteiger partial charge is 0.225 e. The first kappa shape index (κ1) is 15.9. The van der Waals surface area contributed by atoms with Crippen LogP contribution in [0.15, 0.2) is 35.7 Å². The van der Waals surface area contributed by atoms with Gasteiger partial charge in [0.1, 0.15) is 10.6 Å². The van der Waals surface area contributed by atoms with Crippen molar-refractivity contribution in [2.75, 3.05) is 11.9 Å². The highest BCUT2D eigenvalue weighted by Gasteiger charge is 2.24. The number of rotatable bonds is 3. The Morgan fingerprint density at radius 3 is 2.58 bits per heavy atom. The van der Waals surface area contributed by atoms with Crippen LogP contribution in [0, 0.1) is 0 Å². The van der Waals surface area contributed by atoms with Gasteiger partial charge in [-0.2, -0.15) is 4.98 Å². The van der Waals surface area contributed by atoms with Gasteiger partial charge in [-0.1, -0.05) is 49.6 Å². The van der Waals surface area contributed by atoms with E-state index in [-0.39, 0.29) is 0 Å². The lowest BCUT2D eigenvalue weighted by Crippen LogP contribution is -2.34. The van der Waals surface area contributed by atoms with Crippen LogP contribution in [0.3, 0.4) is 0 Å². The molecule has 0 amide bonds. The Morgan fingerprint density at radius 2 is 1.83 bits per heavy atom. The molecule has 124 valence electrons. The molecule has 1 saturated carbocycles. The quantitative estimate of drug-likeness (QED) is 0.556. The summed E-state index contributed by atoms with van der Waals surface area (Å²) in [5, 5.41) is 3.63. The second-order valence-corrected chi connectivity index (χ2v) is 7.61. The van der Waals surface area contributed by atoms with Crippen molar-refractivity contribution in [3.05, 3.63) is 41.0 Å². The Hall–Kier alpha value is -1.65. The van der Waals surface area contributed by atoms with Crippen LogP contribution in [0.2, 0.25) is 5.28 Å². The minimum atomic E-state index is 0.335. The third-order valence-corrected chi connectivity index (χ3v) is 5.97. The SMILES string of the molecule is CN(c1nc(Cl)nc2scc(-c3ccccc3)c12)C1CCCCC1. The highest BCUT2D eigenvalue weighted by molar-refractivity contribution is 7.17. The topological polar surface area (TPSA) is 29.0 Å². The number of anilines is 1. The number of hydrogen-bond donors (Lipinski definition) is 0. The van der Waals surface area contributed by atoms with Gasteiger partial charge >= 0.3 is 0 Å². The molecule has 1 fully saturated rings. The Balaban J connectivity index is 1.86. The van der Waals surface area contributed by atoms with Crippen molar-refractivity contribution in [1.82, 2.24) is 9.97 Å². The molecule has 3 nitrogen and oxygen atoms in total. The molecule has 1 aromatic carbocycles. The van der Waals surface area contributed by atoms with Gasteiger partial charge in [0, 0.05) is 24.0 Å². The number of nitrogens with zero attached hydrogens (tertiary/aromatic N) is 3. The first-order chi connectivity index (χ1) is 11.7. The summed E-state index contributed by atoms with van der Waals surface area (Å²) in [5.74, 6) is 0.969. The number of benzene rings is 1. The summed E-state index contributed by atoms with van der Waals surface area (Å²) in [7, 11) is 2.15. The summed E-state index contributed by atoms with van der Waals surface area (Å²) in [6.07, 6.45) is 6.39. The Bertz CT molecular complexity index is 840. The van der Waals surface area contributed by atoms with Crippen molar-refractivity contribution in [3.8, 4) is 11.1 Å². The standard InChI is InChI=1S/C19H20ClN3S/c1-23(14-10-6-3-7-11-14)17-16-15(13-8-4-2-5-9-13)12-24-18(16)22-19(20)21-17/h2,4-5,8-9,12,14H,3,6-7,10-11H2,1H3. The Morgan fingerprint density at radius 1 is 1.08 bits per heavy atom. The molecular weight excluding hydrogens is 338 g/mol. The molecule has 2 aromatic heterocycles. The van der Waals surface area contributed by atoms with Crippen molar-refractivity contribution in [2.24, 2.45) is 0 Å². The largest absolute Gasteiger partial charge is 0.356 e. The van der Waals surface area contributed by atoms with E-state index >= 15 is 0 Å². The molecule has 0 spiro atoms. The normalized spacial score (nSPS) is 15.8. The van der Waals surface area contributed by atoms with E-state index in [1.807, 2.05) is 6.07 Å². The zero-order valence-electron chi connectivity index (χ0n) is 13.7. The maximum Gasteiger partial charge on any atom is 0.225 e. The molecule has 4 rings (SSSR count). The van der Waals surface area contributed by atoms with Crippen LogP contribution in [-0.2, 0) is 0 Å². The zero-order valence-corrected chi connectivity index (χ0v) is 15.3. The molecule has 0 N–H and O–H groups in total. The van der Waals surface area contributed by atoms with E-state index in [0.717, 1.165) is 16.0 Å². The number of aromatic nitrogens is 2. The number of hydrogen-bond acceptors (Lipinski definition) is 4. The molecule has 0 saturated heterocycles. The van der Waals surface area contributed by atoms with Crippen LogP contribution in [0.4, 0.5) is 5.82 Å². The van der Waals surface area contributed by atoms with E-state index in [0.29, 0.717) is 11.3 Å². The molecule has 5 heteroatoms. The molecule has 1 aliphatic carbocycles. The fourth-order valence-corrected chi connectivity index (χ4v) is 4.78. The summed E-state index contributed by atoms with van der Waals surface area (Å²) >= 11 is 7.86. The molecule has 0 radical (unpaired) electrons. The lowest BCUT2D eigenvalue weighted by Gasteiger charge is -2.32. The van der Waals surface area contributed by atoms with Crippen LogP contribution in [0.25, 0.3) is 21.3 Å². The van der Waals surface area contributed by atoms with E-state index in [1.165, 1.54) is 43.2 Å². The molecule has 24 heavy (non-hydrogen) atoms. The molecular formula is C19H20ClN3S. The van der Waals surface area contributed by atoms with Gasteiger partial charge < -0.3 is 4.90 Å². The van der Waals surface area contributed by atoms with Crippen molar-refractivity contribution in [3.63, 3.8) is 0 Å². The van der Waals surface area contributed by atoms with Gasteiger partial charge in [0.05, 0.1) is 5.39 Å². The first-order valence-electron chi connectivity index (χ1n) is 8.47. The third-order valence-electron chi connectivity index (χ3n) is 4.93. The van der Waals surface area contributed by atoms with Gasteiger partial charge in [0.25, 0.3) is 0 Å². The summed E-state index contributed by atoms with van der Waals surface area (Å²) < 4.78 is 0. The predicted molar refractivity (Wildman–Crippen MR) is 103 cm³/mol. The highest BCUT2D eigenvalue weighted by Crippen LogP contribution is 2.40. The Kier molecular flexibility index (Phi) is 4.42. The van der Waals surface area contributed by atoms with Crippen LogP contribution >= 0.6 is 22.9 Å². The van der Waals surface area contributed by atoms with Crippen LogP contribution in [0.1, 0.15) is 32.1 Å². The predicted octanol–water partition coefficient (Wildman–Crippen LogP) is 5.78. The van der Waals surface area contributed by atoms with E-state index in [9.17, 15) is 0 Å². The molecule has 3 aromatic rings. The minimum Gasteiger partial charge on any atom is -0.356 e. The molecule has 0 bridgehead atoms. The molecule has 2 heterocycles. The maximum atomic E-state index is 6.22. The number of halogens is 1. The van der Waals surface area contributed by atoms with Gasteiger partial charge in [-0.05, 0) is 30.0 Å². The number of fused-ring (bicyclic) bond motifs is 1.